The average Bonchev–Trinajstić information content (AvgIpc) is 3.04. The number of hydrogen-bond donors (Lipinski definition) is 2. The number of nitrogens with two attached hydrogens (primary N) is 1. The van der Waals surface area contributed by atoms with Gasteiger partial charge in [0.2, 0.25) is 0 Å². The molecule has 3 N–H and O–H groups in total. The standard InChI is InChI=1S/C22H20N6O2/c1-3-12-24-22(29)18-19-21(27-16-10-6-5-9-15(16)26-19)28(20(18)23)25-13-14-8-4-7-11-17(14)30-2/h3-11,13H,1,12,23H2,2H3,(H,24,29). The molecule has 2 heterocycles. The van der Waals surface area contributed by atoms with Gasteiger partial charge in [0.25, 0.3) is 5.91 Å². The molecule has 0 radical (unpaired) electrons. The van der Waals surface area contributed by atoms with Crippen LogP contribution in [0.4, 0.5) is 5.82 Å². The van der Waals surface area contributed by atoms with Crippen LogP contribution in [0.15, 0.2) is 66.3 Å². The molecule has 8 nitrogen and oxygen atoms in total. The Kier molecular flexibility index (Phi) is 5.13. The lowest BCUT2D eigenvalue weighted by Gasteiger charge is -2.04. The number of amides is 1. The van der Waals surface area contributed by atoms with Gasteiger partial charge in [-0.2, -0.15) is 9.78 Å². The van der Waals surface area contributed by atoms with Gasteiger partial charge in [-0.1, -0.05) is 30.3 Å². The maximum atomic E-state index is 12.8. The van der Waals surface area contributed by atoms with Crippen LogP contribution in [0.5, 0.6) is 5.75 Å². The zero-order valence-corrected chi connectivity index (χ0v) is 16.4. The lowest BCUT2D eigenvalue weighted by atomic mass is 10.2. The molecule has 0 atom stereocenters. The second-order valence-electron chi connectivity index (χ2n) is 6.44. The van der Waals surface area contributed by atoms with Gasteiger partial charge in [0.15, 0.2) is 5.65 Å². The third kappa shape index (κ3) is 3.35. The minimum absolute atomic E-state index is 0.146. The molecule has 0 saturated carbocycles. The molecule has 0 aliphatic rings. The van der Waals surface area contributed by atoms with Crippen molar-refractivity contribution in [3.63, 3.8) is 0 Å². The molecule has 0 spiro atoms. The Morgan fingerprint density at radius 1 is 1.20 bits per heavy atom. The normalized spacial score (nSPS) is 11.2. The summed E-state index contributed by atoms with van der Waals surface area (Å²) in [7, 11) is 1.59. The van der Waals surface area contributed by atoms with E-state index in [0.717, 1.165) is 5.56 Å². The third-order valence-corrected chi connectivity index (χ3v) is 4.56. The maximum absolute atomic E-state index is 12.8. The SMILES string of the molecule is C=CCNC(=O)c1c(N)n(N=Cc2ccccc2OC)c2nc3ccccc3nc12. The van der Waals surface area contributed by atoms with E-state index in [0.29, 0.717) is 34.5 Å². The van der Waals surface area contributed by atoms with Crippen molar-refractivity contribution in [1.29, 1.82) is 0 Å². The average molecular weight is 400 g/mol. The number of nitrogens with zero attached hydrogens (tertiary/aromatic N) is 4. The minimum atomic E-state index is -0.367. The van der Waals surface area contributed by atoms with Crippen LogP contribution in [-0.2, 0) is 0 Å². The van der Waals surface area contributed by atoms with Gasteiger partial charge in [-0.05, 0) is 24.3 Å². The molecule has 8 heteroatoms. The van der Waals surface area contributed by atoms with Gasteiger partial charge < -0.3 is 15.8 Å². The molecule has 0 saturated heterocycles. The van der Waals surface area contributed by atoms with Crippen LogP contribution in [0.1, 0.15) is 15.9 Å². The van der Waals surface area contributed by atoms with Gasteiger partial charge in [0, 0.05) is 12.1 Å². The van der Waals surface area contributed by atoms with Crippen molar-refractivity contribution in [2.45, 2.75) is 0 Å². The molecule has 2 aromatic carbocycles. The highest BCUT2D eigenvalue weighted by Crippen LogP contribution is 2.28. The fourth-order valence-electron chi connectivity index (χ4n) is 3.13. The number of hydrogen-bond acceptors (Lipinski definition) is 6. The number of benzene rings is 2. The van der Waals surface area contributed by atoms with E-state index >= 15 is 0 Å². The number of ether oxygens (including phenoxy) is 1. The van der Waals surface area contributed by atoms with Gasteiger partial charge in [0.1, 0.15) is 22.6 Å². The van der Waals surface area contributed by atoms with Crippen molar-refractivity contribution in [3.8, 4) is 5.75 Å². The minimum Gasteiger partial charge on any atom is -0.496 e. The first-order chi connectivity index (χ1) is 14.6. The first-order valence-electron chi connectivity index (χ1n) is 9.27. The van der Waals surface area contributed by atoms with E-state index in [9.17, 15) is 4.79 Å². The van der Waals surface area contributed by atoms with E-state index < -0.39 is 0 Å². The third-order valence-electron chi connectivity index (χ3n) is 4.56. The van der Waals surface area contributed by atoms with Crippen LogP contribution in [0, 0.1) is 0 Å². The molecule has 1 amide bonds. The Balaban J connectivity index is 1.92. The van der Waals surface area contributed by atoms with Crippen molar-refractivity contribution in [1.82, 2.24) is 20.0 Å². The van der Waals surface area contributed by atoms with Crippen molar-refractivity contribution >= 4 is 40.1 Å². The number of carbonyl (C=O) groups excluding carboxylic acids is 1. The first-order valence-corrected chi connectivity index (χ1v) is 9.27. The number of methoxy groups -OCH3 is 1. The van der Waals surface area contributed by atoms with Crippen LogP contribution in [-0.4, -0.2) is 40.4 Å². The zero-order valence-electron chi connectivity index (χ0n) is 16.4. The molecule has 0 unspecified atom stereocenters. The number of rotatable bonds is 6. The Labute approximate surface area is 172 Å². The highest BCUT2D eigenvalue weighted by atomic mass is 16.5. The van der Waals surface area contributed by atoms with Crippen LogP contribution < -0.4 is 15.8 Å². The van der Waals surface area contributed by atoms with Crippen LogP contribution in [0.25, 0.3) is 22.2 Å². The summed E-state index contributed by atoms with van der Waals surface area (Å²) in [5, 5.41) is 7.23. The lowest BCUT2D eigenvalue weighted by molar-refractivity contribution is 0.0960. The molecular formula is C22H20N6O2. The second-order valence-corrected chi connectivity index (χ2v) is 6.44. The number of nitrogens with one attached hydrogen (secondary N) is 1. The lowest BCUT2D eigenvalue weighted by Crippen LogP contribution is -2.24. The van der Waals surface area contributed by atoms with Gasteiger partial charge in [-0.15, -0.1) is 6.58 Å². The molecule has 4 aromatic rings. The van der Waals surface area contributed by atoms with Crippen LogP contribution in [0.2, 0.25) is 0 Å². The molecule has 4 rings (SSSR count). The van der Waals surface area contributed by atoms with E-state index in [4.69, 9.17) is 10.5 Å². The fraction of sp³-hybridized carbons (Fsp3) is 0.0909. The van der Waals surface area contributed by atoms with E-state index in [-0.39, 0.29) is 17.3 Å². The number of nitrogen functional groups attached to an aromatic ring is 1. The summed E-state index contributed by atoms with van der Waals surface area (Å²) in [6, 6.07) is 14.9. The van der Waals surface area contributed by atoms with E-state index in [1.807, 2.05) is 48.5 Å². The Hall–Kier alpha value is -4.20. The van der Waals surface area contributed by atoms with Gasteiger partial charge in [-0.3, -0.25) is 4.79 Å². The predicted octanol–water partition coefficient (Wildman–Crippen LogP) is 2.97. The van der Waals surface area contributed by atoms with Crippen LogP contribution in [0.3, 0.4) is 0 Å². The number of aromatic nitrogens is 3. The smallest absolute Gasteiger partial charge is 0.257 e. The topological polar surface area (TPSA) is 107 Å². The largest absolute Gasteiger partial charge is 0.496 e. The molecule has 0 aliphatic heterocycles. The highest BCUT2D eigenvalue weighted by molar-refractivity contribution is 6.10. The monoisotopic (exact) mass is 400 g/mol. The van der Waals surface area contributed by atoms with Gasteiger partial charge >= 0.3 is 0 Å². The van der Waals surface area contributed by atoms with Crippen LogP contribution >= 0.6 is 0 Å². The Morgan fingerprint density at radius 2 is 1.90 bits per heavy atom. The van der Waals surface area contributed by atoms with E-state index in [1.54, 1.807) is 19.4 Å². The first kappa shape index (κ1) is 19.1. The molecule has 2 aromatic heterocycles. The number of anilines is 1. The summed E-state index contributed by atoms with van der Waals surface area (Å²) in [5.41, 5.74) is 9.42. The quantitative estimate of drug-likeness (QED) is 0.382. The zero-order chi connectivity index (χ0) is 21.1. The van der Waals surface area contributed by atoms with Crippen molar-refractivity contribution in [2.75, 3.05) is 19.4 Å². The summed E-state index contributed by atoms with van der Waals surface area (Å²) >= 11 is 0. The van der Waals surface area contributed by atoms with E-state index in [1.165, 1.54) is 4.68 Å². The number of para-hydroxylation sites is 3. The van der Waals surface area contributed by atoms with Gasteiger partial charge in [0.05, 0.1) is 24.4 Å². The fourth-order valence-corrected chi connectivity index (χ4v) is 3.13. The van der Waals surface area contributed by atoms with E-state index in [2.05, 4.69) is 27.0 Å². The number of fused-ring (bicyclic) bond motifs is 2. The Bertz CT molecular complexity index is 1290. The molecule has 0 aliphatic carbocycles. The summed E-state index contributed by atoms with van der Waals surface area (Å²) in [4.78, 5) is 22.1. The number of carbonyl (C=O) groups is 1. The molecular weight excluding hydrogens is 380 g/mol. The molecule has 150 valence electrons. The van der Waals surface area contributed by atoms with Crippen molar-refractivity contribution in [2.24, 2.45) is 5.10 Å². The van der Waals surface area contributed by atoms with Crippen molar-refractivity contribution < 1.29 is 9.53 Å². The molecule has 0 bridgehead atoms. The second kappa shape index (κ2) is 8.04. The molecule has 0 fully saturated rings. The van der Waals surface area contributed by atoms with Crippen molar-refractivity contribution in [3.05, 3.63) is 72.3 Å². The molecule has 30 heavy (non-hydrogen) atoms. The summed E-state index contributed by atoms with van der Waals surface area (Å²) in [5.74, 6) is 0.443. The summed E-state index contributed by atoms with van der Waals surface area (Å²) in [6.45, 7) is 3.92. The highest BCUT2D eigenvalue weighted by Gasteiger charge is 2.23. The predicted molar refractivity (Wildman–Crippen MR) is 118 cm³/mol. The Morgan fingerprint density at radius 3 is 2.63 bits per heavy atom. The summed E-state index contributed by atoms with van der Waals surface area (Å²) in [6.07, 6.45) is 3.20. The maximum Gasteiger partial charge on any atom is 0.257 e. The summed E-state index contributed by atoms with van der Waals surface area (Å²) < 4.78 is 6.78. The van der Waals surface area contributed by atoms with Gasteiger partial charge in [-0.25, -0.2) is 9.97 Å².